The number of piperazine rings is 1. The molecular formula is C14H28N2. The van der Waals surface area contributed by atoms with Gasteiger partial charge in [0.15, 0.2) is 0 Å². The molecule has 1 saturated heterocycles. The van der Waals surface area contributed by atoms with Crippen LogP contribution in [-0.4, -0.2) is 36.1 Å². The lowest BCUT2D eigenvalue weighted by Gasteiger charge is -2.47. The standard InChI is InChI=1S/C14H28N2/c1-5-13-8-15-14(4,12-6-7-12)10-16(13)9-11(2)3/h11-13,15H,5-10H2,1-4H3. The van der Waals surface area contributed by atoms with Crippen LogP contribution in [0, 0.1) is 11.8 Å². The summed E-state index contributed by atoms with van der Waals surface area (Å²) in [5.74, 6) is 1.73. The number of rotatable bonds is 4. The zero-order valence-corrected chi connectivity index (χ0v) is 11.4. The van der Waals surface area contributed by atoms with Crippen LogP contribution < -0.4 is 5.32 Å². The molecule has 0 aromatic heterocycles. The fourth-order valence-electron chi connectivity index (χ4n) is 3.17. The van der Waals surface area contributed by atoms with Crippen molar-refractivity contribution in [3.8, 4) is 0 Å². The fourth-order valence-corrected chi connectivity index (χ4v) is 3.17. The van der Waals surface area contributed by atoms with Crippen molar-refractivity contribution in [1.29, 1.82) is 0 Å². The third-order valence-corrected chi connectivity index (χ3v) is 4.34. The Kier molecular flexibility index (Phi) is 3.60. The van der Waals surface area contributed by atoms with Crippen LogP contribution in [0.2, 0.25) is 0 Å². The normalized spacial score (nSPS) is 36.9. The minimum absolute atomic E-state index is 0.403. The van der Waals surface area contributed by atoms with E-state index in [0.717, 1.165) is 17.9 Å². The molecule has 2 atom stereocenters. The van der Waals surface area contributed by atoms with Gasteiger partial charge in [-0.2, -0.15) is 0 Å². The summed E-state index contributed by atoms with van der Waals surface area (Å²) in [6.07, 6.45) is 4.16. The summed E-state index contributed by atoms with van der Waals surface area (Å²) in [4.78, 5) is 2.74. The summed E-state index contributed by atoms with van der Waals surface area (Å²) in [6, 6.07) is 0.759. The molecule has 0 aromatic carbocycles. The van der Waals surface area contributed by atoms with Gasteiger partial charge in [0.05, 0.1) is 0 Å². The average Bonchev–Trinajstić information content (AvgIpc) is 3.00. The molecule has 0 amide bonds. The molecule has 2 heteroatoms. The molecule has 1 saturated carbocycles. The van der Waals surface area contributed by atoms with Crippen molar-refractivity contribution in [3.63, 3.8) is 0 Å². The fraction of sp³-hybridized carbons (Fsp3) is 1.00. The lowest BCUT2D eigenvalue weighted by molar-refractivity contribution is 0.0634. The van der Waals surface area contributed by atoms with Gasteiger partial charge in [0.25, 0.3) is 0 Å². The van der Waals surface area contributed by atoms with E-state index < -0.39 is 0 Å². The summed E-state index contributed by atoms with van der Waals surface area (Å²) < 4.78 is 0. The van der Waals surface area contributed by atoms with Gasteiger partial charge in [-0.05, 0) is 38.0 Å². The number of hydrogen-bond acceptors (Lipinski definition) is 2. The van der Waals surface area contributed by atoms with E-state index in [2.05, 4.69) is 37.9 Å². The first-order valence-corrected chi connectivity index (χ1v) is 7.04. The van der Waals surface area contributed by atoms with Crippen LogP contribution >= 0.6 is 0 Å². The van der Waals surface area contributed by atoms with Crippen LogP contribution in [-0.2, 0) is 0 Å². The zero-order valence-electron chi connectivity index (χ0n) is 11.4. The van der Waals surface area contributed by atoms with E-state index in [1.165, 1.54) is 38.9 Å². The van der Waals surface area contributed by atoms with Gasteiger partial charge in [-0.3, -0.25) is 4.90 Å². The van der Waals surface area contributed by atoms with Crippen LogP contribution in [0.3, 0.4) is 0 Å². The second kappa shape index (κ2) is 4.66. The molecule has 2 fully saturated rings. The number of nitrogens with zero attached hydrogens (tertiary/aromatic N) is 1. The Hall–Kier alpha value is -0.0800. The van der Waals surface area contributed by atoms with Crippen molar-refractivity contribution in [2.75, 3.05) is 19.6 Å². The summed E-state index contributed by atoms with van der Waals surface area (Å²) in [5.41, 5.74) is 0.403. The van der Waals surface area contributed by atoms with Gasteiger partial charge in [-0.25, -0.2) is 0 Å². The minimum atomic E-state index is 0.403. The van der Waals surface area contributed by atoms with Gasteiger partial charge in [0.1, 0.15) is 0 Å². The highest BCUT2D eigenvalue weighted by Crippen LogP contribution is 2.41. The maximum atomic E-state index is 3.82. The Labute approximate surface area is 101 Å². The molecule has 2 aliphatic rings. The van der Waals surface area contributed by atoms with Crippen LogP contribution in [0.5, 0.6) is 0 Å². The maximum absolute atomic E-state index is 3.82. The van der Waals surface area contributed by atoms with E-state index in [0.29, 0.717) is 5.54 Å². The summed E-state index contributed by atoms with van der Waals surface area (Å²) in [7, 11) is 0. The second-order valence-electron chi connectivity index (χ2n) is 6.46. The smallest absolute Gasteiger partial charge is 0.0309 e. The Morgan fingerprint density at radius 2 is 2.06 bits per heavy atom. The van der Waals surface area contributed by atoms with Crippen molar-refractivity contribution in [2.45, 2.75) is 58.5 Å². The van der Waals surface area contributed by atoms with Gasteiger partial charge in [0.2, 0.25) is 0 Å². The quantitative estimate of drug-likeness (QED) is 0.789. The van der Waals surface area contributed by atoms with Crippen molar-refractivity contribution < 1.29 is 0 Å². The molecule has 1 aliphatic carbocycles. The van der Waals surface area contributed by atoms with Gasteiger partial charge in [-0.1, -0.05) is 20.8 Å². The van der Waals surface area contributed by atoms with E-state index in [4.69, 9.17) is 0 Å². The van der Waals surface area contributed by atoms with Crippen LogP contribution in [0.25, 0.3) is 0 Å². The Bertz CT molecular complexity index is 235. The molecule has 1 N–H and O–H groups in total. The lowest BCUT2D eigenvalue weighted by atomic mass is 9.90. The maximum Gasteiger partial charge on any atom is 0.0309 e. The molecule has 0 aromatic rings. The van der Waals surface area contributed by atoms with Crippen LogP contribution in [0.4, 0.5) is 0 Å². The molecule has 0 spiro atoms. The van der Waals surface area contributed by atoms with Crippen molar-refractivity contribution in [3.05, 3.63) is 0 Å². The topological polar surface area (TPSA) is 15.3 Å². The average molecular weight is 224 g/mol. The molecular weight excluding hydrogens is 196 g/mol. The van der Waals surface area contributed by atoms with E-state index >= 15 is 0 Å². The summed E-state index contributed by atoms with van der Waals surface area (Å²) in [5, 5.41) is 3.82. The molecule has 2 nitrogen and oxygen atoms in total. The highest BCUT2D eigenvalue weighted by atomic mass is 15.3. The van der Waals surface area contributed by atoms with Gasteiger partial charge in [0, 0.05) is 31.2 Å². The van der Waals surface area contributed by atoms with Gasteiger partial charge in [-0.15, -0.1) is 0 Å². The van der Waals surface area contributed by atoms with E-state index in [1.54, 1.807) is 0 Å². The third kappa shape index (κ3) is 2.60. The van der Waals surface area contributed by atoms with Crippen molar-refractivity contribution in [2.24, 2.45) is 11.8 Å². The highest BCUT2D eigenvalue weighted by Gasteiger charge is 2.45. The van der Waals surface area contributed by atoms with Crippen LogP contribution in [0.1, 0.15) is 47.0 Å². The molecule has 0 bridgehead atoms. The largest absolute Gasteiger partial charge is 0.308 e. The molecule has 1 aliphatic heterocycles. The summed E-state index contributed by atoms with van der Waals surface area (Å²) in [6.45, 7) is 13.1. The van der Waals surface area contributed by atoms with E-state index in [9.17, 15) is 0 Å². The second-order valence-corrected chi connectivity index (χ2v) is 6.46. The first-order valence-electron chi connectivity index (χ1n) is 7.04. The molecule has 0 radical (unpaired) electrons. The monoisotopic (exact) mass is 224 g/mol. The van der Waals surface area contributed by atoms with Crippen LogP contribution in [0.15, 0.2) is 0 Å². The number of hydrogen-bond donors (Lipinski definition) is 1. The van der Waals surface area contributed by atoms with E-state index in [-0.39, 0.29) is 0 Å². The molecule has 1 heterocycles. The van der Waals surface area contributed by atoms with Gasteiger partial charge >= 0.3 is 0 Å². The molecule has 16 heavy (non-hydrogen) atoms. The molecule has 2 unspecified atom stereocenters. The van der Waals surface area contributed by atoms with Gasteiger partial charge < -0.3 is 5.32 Å². The molecule has 2 rings (SSSR count). The summed E-state index contributed by atoms with van der Waals surface area (Å²) >= 11 is 0. The lowest BCUT2D eigenvalue weighted by Crippen LogP contribution is -2.64. The highest BCUT2D eigenvalue weighted by molar-refractivity contribution is 5.03. The Balaban J connectivity index is 1.99. The predicted molar refractivity (Wildman–Crippen MR) is 69.6 cm³/mol. The Morgan fingerprint density at radius 1 is 1.38 bits per heavy atom. The zero-order chi connectivity index (χ0) is 11.8. The first-order chi connectivity index (χ1) is 7.55. The Morgan fingerprint density at radius 3 is 2.56 bits per heavy atom. The van der Waals surface area contributed by atoms with Crippen molar-refractivity contribution >= 4 is 0 Å². The predicted octanol–water partition coefficient (Wildman–Crippen LogP) is 2.49. The SMILES string of the molecule is CCC1CNC(C)(C2CC2)CN1CC(C)C. The third-order valence-electron chi connectivity index (χ3n) is 4.34. The molecule has 94 valence electrons. The van der Waals surface area contributed by atoms with Crippen molar-refractivity contribution in [1.82, 2.24) is 10.2 Å². The first kappa shape index (κ1) is 12.4. The number of nitrogens with one attached hydrogen (secondary N) is 1. The van der Waals surface area contributed by atoms with E-state index in [1.807, 2.05) is 0 Å². The minimum Gasteiger partial charge on any atom is -0.308 e.